The van der Waals surface area contributed by atoms with E-state index in [0.717, 1.165) is 42.9 Å². The van der Waals surface area contributed by atoms with E-state index >= 15 is 0 Å². The molecule has 36 heavy (non-hydrogen) atoms. The van der Waals surface area contributed by atoms with Crippen LogP contribution in [0.3, 0.4) is 0 Å². The van der Waals surface area contributed by atoms with E-state index in [2.05, 4.69) is 46.8 Å². The molecule has 4 aliphatic carbocycles. The van der Waals surface area contributed by atoms with Crippen molar-refractivity contribution >= 4 is 5.97 Å². The van der Waals surface area contributed by atoms with Crippen LogP contribution in [-0.2, 0) is 4.74 Å². The summed E-state index contributed by atoms with van der Waals surface area (Å²) >= 11 is 0. The Labute approximate surface area is 220 Å². The lowest BCUT2D eigenvalue weighted by atomic mass is 9.50. The van der Waals surface area contributed by atoms with Gasteiger partial charge in [0, 0.05) is 6.42 Å². The summed E-state index contributed by atoms with van der Waals surface area (Å²) in [5.41, 5.74) is 4.66. The Kier molecular flexibility index (Phi) is 7.27. The number of carbonyl (C=O) groups excluding carboxylic acids is 1. The topological polar surface area (TPSA) is 26.3 Å². The molecule has 0 spiro atoms. The van der Waals surface area contributed by atoms with Crippen molar-refractivity contribution in [1.82, 2.24) is 0 Å². The van der Waals surface area contributed by atoms with Crippen molar-refractivity contribution in [1.29, 1.82) is 0 Å². The average molecular weight is 489 g/mol. The zero-order valence-electron chi connectivity index (χ0n) is 23.4. The summed E-state index contributed by atoms with van der Waals surface area (Å²) in [6.45, 7) is 12.4. The van der Waals surface area contributed by atoms with E-state index in [4.69, 9.17) is 4.74 Å². The Balaban J connectivity index is 1.29. The van der Waals surface area contributed by atoms with E-state index in [0.29, 0.717) is 16.9 Å². The average Bonchev–Trinajstić information content (AvgIpc) is 3.22. The van der Waals surface area contributed by atoms with Crippen LogP contribution >= 0.6 is 0 Å². The zero-order chi connectivity index (χ0) is 25.5. The predicted octanol–water partition coefficient (Wildman–Crippen LogP) is 9.17. The summed E-state index contributed by atoms with van der Waals surface area (Å²) in [7, 11) is 0. The Bertz CT molecular complexity index is 1000. The molecule has 3 saturated carbocycles. The molecule has 0 bridgehead atoms. The van der Waals surface area contributed by atoms with Crippen molar-refractivity contribution in [3.63, 3.8) is 0 Å². The molecule has 1 aromatic carbocycles. The maximum atomic E-state index is 12.7. The smallest absolute Gasteiger partial charge is 0.338 e. The highest BCUT2D eigenvalue weighted by atomic mass is 16.5. The van der Waals surface area contributed by atoms with Crippen molar-refractivity contribution in [3.8, 4) is 0 Å². The fourth-order valence-corrected chi connectivity index (χ4v) is 8.89. The van der Waals surface area contributed by atoms with Crippen LogP contribution in [0.1, 0.15) is 109 Å². The summed E-state index contributed by atoms with van der Waals surface area (Å²) in [5, 5.41) is 0. The van der Waals surface area contributed by atoms with Gasteiger partial charge in [-0.2, -0.15) is 0 Å². The van der Waals surface area contributed by atoms with Gasteiger partial charge < -0.3 is 4.74 Å². The lowest BCUT2D eigenvalue weighted by Crippen LogP contribution is -2.46. The SMILES string of the molecule is CC(C)CCC[C@H](C)[C@@H]1CC[C@@H]2C3=CC=C4C[C@H](OC(=O)c5ccccc5)CC[C@]4(C)[C@@H]3CC[C@]21C. The molecule has 2 nitrogen and oxygen atoms in total. The number of fused-ring (bicyclic) bond motifs is 5. The largest absolute Gasteiger partial charge is 0.458 e. The Morgan fingerprint density at radius 1 is 0.944 bits per heavy atom. The minimum atomic E-state index is -0.176. The summed E-state index contributed by atoms with van der Waals surface area (Å²) in [4.78, 5) is 12.7. The molecule has 0 aliphatic heterocycles. The quantitative estimate of drug-likeness (QED) is 0.358. The molecule has 3 fully saturated rings. The molecule has 0 unspecified atom stereocenters. The van der Waals surface area contributed by atoms with Crippen molar-refractivity contribution < 1.29 is 9.53 Å². The summed E-state index contributed by atoms with van der Waals surface area (Å²) in [5.74, 6) is 3.81. The molecule has 5 rings (SSSR count). The van der Waals surface area contributed by atoms with Gasteiger partial charge in [0.25, 0.3) is 0 Å². The van der Waals surface area contributed by atoms with Crippen molar-refractivity contribution in [2.24, 2.45) is 40.4 Å². The third-order valence-electron chi connectivity index (χ3n) is 11.0. The molecule has 2 heteroatoms. The summed E-state index contributed by atoms with van der Waals surface area (Å²) < 4.78 is 5.98. The van der Waals surface area contributed by atoms with Gasteiger partial charge in [0.15, 0.2) is 0 Å². The molecule has 4 aliphatic rings. The van der Waals surface area contributed by atoms with E-state index < -0.39 is 0 Å². The molecule has 0 radical (unpaired) electrons. The molecular weight excluding hydrogens is 440 g/mol. The first kappa shape index (κ1) is 25.8. The number of ether oxygens (including phenoxy) is 1. The minimum Gasteiger partial charge on any atom is -0.458 e. The second kappa shape index (κ2) is 10.1. The van der Waals surface area contributed by atoms with Crippen LogP contribution in [0.15, 0.2) is 53.6 Å². The van der Waals surface area contributed by atoms with E-state index in [1.807, 2.05) is 30.3 Å². The predicted molar refractivity (Wildman–Crippen MR) is 149 cm³/mol. The first-order valence-electron chi connectivity index (χ1n) is 14.9. The van der Waals surface area contributed by atoms with E-state index in [-0.39, 0.29) is 17.5 Å². The van der Waals surface area contributed by atoms with Gasteiger partial charge in [-0.3, -0.25) is 0 Å². The molecule has 0 amide bonds. The molecule has 0 aromatic heterocycles. The Morgan fingerprint density at radius 3 is 2.47 bits per heavy atom. The van der Waals surface area contributed by atoms with Crippen LogP contribution < -0.4 is 0 Å². The molecule has 0 N–H and O–H groups in total. The fraction of sp³-hybridized carbons (Fsp3) is 0.676. The maximum absolute atomic E-state index is 12.7. The number of carbonyl (C=O) groups is 1. The molecular formula is C34H48O2. The minimum absolute atomic E-state index is 0.00314. The molecule has 0 saturated heterocycles. The second-order valence-electron chi connectivity index (χ2n) is 13.5. The lowest BCUT2D eigenvalue weighted by Gasteiger charge is -2.55. The fourth-order valence-electron chi connectivity index (χ4n) is 8.89. The van der Waals surface area contributed by atoms with E-state index in [1.54, 1.807) is 5.57 Å². The van der Waals surface area contributed by atoms with Crippen LogP contribution in [-0.4, -0.2) is 12.1 Å². The summed E-state index contributed by atoms with van der Waals surface area (Å²) in [6, 6.07) is 9.45. The van der Waals surface area contributed by atoms with Crippen LogP contribution in [0, 0.1) is 40.4 Å². The highest BCUT2D eigenvalue weighted by molar-refractivity contribution is 5.89. The molecule has 0 heterocycles. The maximum Gasteiger partial charge on any atom is 0.338 e. The Hall–Kier alpha value is -1.83. The number of benzene rings is 1. The van der Waals surface area contributed by atoms with Crippen molar-refractivity contribution in [3.05, 3.63) is 59.2 Å². The van der Waals surface area contributed by atoms with Gasteiger partial charge in [0.1, 0.15) is 6.10 Å². The van der Waals surface area contributed by atoms with Gasteiger partial charge >= 0.3 is 5.97 Å². The van der Waals surface area contributed by atoms with E-state index in [1.165, 1.54) is 50.5 Å². The van der Waals surface area contributed by atoms with Gasteiger partial charge in [0.05, 0.1) is 5.56 Å². The first-order chi connectivity index (χ1) is 17.2. The molecule has 7 atom stereocenters. The van der Waals surface area contributed by atoms with Crippen LogP contribution in [0.2, 0.25) is 0 Å². The highest BCUT2D eigenvalue weighted by Crippen LogP contribution is 2.66. The lowest BCUT2D eigenvalue weighted by molar-refractivity contribution is 0.00572. The highest BCUT2D eigenvalue weighted by Gasteiger charge is 2.57. The third-order valence-corrected chi connectivity index (χ3v) is 11.0. The van der Waals surface area contributed by atoms with Gasteiger partial charge in [-0.15, -0.1) is 0 Å². The van der Waals surface area contributed by atoms with Crippen LogP contribution in [0.5, 0.6) is 0 Å². The van der Waals surface area contributed by atoms with Gasteiger partial charge in [-0.1, -0.05) is 95.4 Å². The normalized spacial score (nSPS) is 36.3. The molecule has 1 aromatic rings. The zero-order valence-corrected chi connectivity index (χ0v) is 23.4. The second-order valence-corrected chi connectivity index (χ2v) is 13.5. The summed E-state index contributed by atoms with van der Waals surface area (Å²) in [6.07, 6.45) is 17.7. The van der Waals surface area contributed by atoms with Gasteiger partial charge in [0.2, 0.25) is 0 Å². The number of rotatable bonds is 7. The number of esters is 1. The van der Waals surface area contributed by atoms with E-state index in [9.17, 15) is 4.79 Å². The van der Waals surface area contributed by atoms with Gasteiger partial charge in [-0.25, -0.2) is 4.79 Å². The van der Waals surface area contributed by atoms with Crippen LogP contribution in [0.25, 0.3) is 0 Å². The number of allylic oxidation sites excluding steroid dienone is 3. The third kappa shape index (κ3) is 4.63. The Morgan fingerprint density at radius 2 is 1.72 bits per heavy atom. The van der Waals surface area contributed by atoms with Crippen LogP contribution in [0.4, 0.5) is 0 Å². The molecule has 196 valence electrons. The standard InChI is InChI=1S/C34H48O2/c1-23(2)10-9-11-24(3)29-16-17-30-28-15-14-26-22-27(36-32(35)25-12-7-6-8-13-25)18-20-33(26,4)31(28)19-21-34(29,30)5/h6-8,12-15,23-24,27,29-31H,9-11,16-22H2,1-5H3/t24-,27+,29-,30+,31+,33-,34-/m0/s1. The first-order valence-corrected chi connectivity index (χ1v) is 14.9. The monoisotopic (exact) mass is 488 g/mol. The number of hydrogen-bond donors (Lipinski definition) is 0. The van der Waals surface area contributed by atoms with Gasteiger partial charge in [-0.05, 0) is 91.1 Å². The van der Waals surface area contributed by atoms with Crippen molar-refractivity contribution in [2.75, 3.05) is 0 Å². The van der Waals surface area contributed by atoms with Crippen molar-refractivity contribution in [2.45, 2.75) is 105 Å². The number of hydrogen-bond acceptors (Lipinski definition) is 2.